The quantitative estimate of drug-likeness (QED) is 0.778. The summed E-state index contributed by atoms with van der Waals surface area (Å²) in [5.74, 6) is 1.26. The third-order valence-corrected chi connectivity index (χ3v) is 4.27. The summed E-state index contributed by atoms with van der Waals surface area (Å²) in [5.41, 5.74) is 0. The van der Waals surface area contributed by atoms with Crippen molar-refractivity contribution in [1.82, 2.24) is 10.2 Å². The Balaban J connectivity index is 1.58. The van der Waals surface area contributed by atoms with Crippen LogP contribution >= 0.6 is 0 Å². The summed E-state index contributed by atoms with van der Waals surface area (Å²) in [6.07, 6.45) is 10.6. The largest absolute Gasteiger partial charge is 0.374 e. The van der Waals surface area contributed by atoms with Crippen molar-refractivity contribution in [1.29, 1.82) is 0 Å². The van der Waals surface area contributed by atoms with Gasteiger partial charge in [0.1, 0.15) is 0 Å². The third-order valence-electron chi connectivity index (χ3n) is 4.27. The third kappa shape index (κ3) is 4.60. The van der Waals surface area contributed by atoms with Gasteiger partial charge in [-0.25, -0.2) is 0 Å². The van der Waals surface area contributed by atoms with Gasteiger partial charge in [0.05, 0.1) is 5.84 Å². The number of likely N-dealkylation sites (tertiary alicyclic amines) is 1. The lowest BCUT2D eigenvalue weighted by Gasteiger charge is -2.33. The topological polar surface area (TPSA) is 27.6 Å². The molecule has 2 aliphatic heterocycles. The molecule has 0 saturated carbocycles. The Morgan fingerprint density at radius 3 is 3.06 bits per heavy atom. The zero-order chi connectivity index (χ0) is 12.6. The van der Waals surface area contributed by atoms with Crippen LogP contribution in [0.3, 0.4) is 0 Å². The molecule has 1 unspecified atom stereocenters. The molecule has 0 amide bonds. The van der Waals surface area contributed by atoms with Gasteiger partial charge in [0.15, 0.2) is 0 Å². The maximum absolute atomic E-state index is 4.61. The molecule has 0 aromatic carbocycles. The number of amidine groups is 1. The molecule has 2 rings (SSSR count). The predicted molar refractivity (Wildman–Crippen MR) is 78.3 cm³/mol. The van der Waals surface area contributed by atoms with Gasteiger partial charge in [-0.2, -0.15) is 0 Å². The van der Waals surface area contributed by atoms with Crippen molar-refractivity contribution in [3.8, 4) is 0 Å². The summed E-state index contributed by atoms with van der Waals surface area (Å²) < 4.78 is 0. The second-order valence-electron chi connectivity index (χ2n) is 5.80. The van der Waals surface area contributed by atoms with Crippen LogP contribution in [0.1, 0.15) is 58.3 Å². The molecular formula is C15H29N3. The standard InChI is InChI=1S/C15H29N3/c1-14-8-4-6-12-18(14)13-7-11-17-15-9-3-2-5-10-16-15/h14H,2-13H2,1H3,(H,16,17). The summed E-state index contributed by atoms with van der Waals surface area (Å²) in [6, 6.07) is 0.800. The van der Waals surface area contributed by atoms with E-state index in [0.29, 0.717) is 0 Å². The monoisotopic (exact) mass is 251 g/mol. The average molecular weight is 251 g/mol. The molecule has 0 aliphatic carbocycles. The normalized spacial score (nSPS) is 26.5. The van der Waals surface area contributed by atoms with Gasteiger partial charge in [-0.15, -0.1) is 0 Å². The van der Waals surface area contributed by atoms with Crippen molar-refractivity contribution in [3.63, 3.8) is 0 Å². The van der Waals surface area contributed by atoms with Crippen molar-refractivity contribution in [2.45, 2.75) is 64.3 Å². The van der Waals surface area contributed by atoms with Crippen LogP contribution < -0.4 is 5.32 Å². The summed E-state index contributed by atoms with van der Waals surface area (Å²) >= 11 is 0. The predicted octanol–water partition coefficient (Wildman–Crippen LogP) is 2.81. The molecule has 0 bridgehead atoms. The number of nitrogens with zero attached hydrogens (tertiary/aromatic N) is 2. The lowest BCUT2D eigenvalue weighted by atomic mass is 10.0. The Kier molecular flexibility index (Phi) is 5.98. The van der Waals surface area contributed by atoms with Crippen molar-refractivity contribution < 1.29 is 0 Å². The van der Waals surface area contributed by atoms with Gasteiger partial charge >= 0.3 is 0 Å². The number of hydrogen-bond acceptors (Lipinski definition) is 3. The molecular weight excluding hydrogens is 222 g/mol. The summed E-state index contributed by atoms with van der Waals surface area (Å²) in [6.45, 7) is 7.07. The number of aliphatic imine (C=N–C) groups is 1. The minimum atomic E-state index is 0.800. The first kappa shape index (κ1) is 13.9. The van der Waals surface area contributed by atoms with Gasteiger partial charge in [0.25, 0.3) is 0 Å². The molecule has 0 radical (unpaired) electrons. The smallest absolute Gasteiger partial charge is 0.0963 e. The van der Waals surface area contributed by atoms with Gasteiger partial charge in [0, 0.05) is 32.1 Å². The summed E-state index contributed by atoms with van der Waals surface area (Å²) in [5, 5.41) is 3.54. The highest BCUT2D eigenvalue weighted by atomic mass is 15.2. The van der Waals surface area contributed by atoms with Crippen LogP contribution in [-0.2, 0) is 0 Å². The number of piperidine rings is 1. The first-order valence-corrected chi connectivity index (χ1v) is 7.87. The van der Waals surface area contributed by atoms with E-state index in [1.165, 1.54) is 70.3 Å². The molecule has 0 aromatic rings. The first-order chi connectivity index (χ1) is 8.86. The fraction of sp³-hybridized carbons (Fsp3) is 0.933. The van der Waals surface area contributed by atoms with E-state index in [2.05, 4.69) is 22.1 Å². The number of rotatable bonds is 4. The van der Waals surface area contributed by atoms with Crippen LogP contribution in [-0.4, -0.2) is 43.0 Å². The van der Waals surface area contributed by atoms with Crippen molar-refractivity contribution in [3.05, 3.63) is 0 Å². The minimum Gasteiger partial charge on any atom is -0.374 e. The molecule has 1 N–H and O–H groups in total. The fourth-order valence-corrected chi connectivity index (χ4v) is 3.02. The van der Waals surface area contributed by atoms with E-state index in [0.717, 1.165) is 19.1 Å². The Morgan fingerprint density at radius 2 is 2.17 bits per heavy atom. The Bertz CT molecular complexity index is 262. The molecule has 0 spiro atoms. The van der Waals surface area contributed by atoms with E-state index >= 15 is 0 Å². The Hall–Kier alpha value is -0.570. The second-order valence-corrected chi connectivity index (χ2v) is 5.80. The maximum Gasteiger partial charge on any atom is 0.0963 e. The first-order valence-electron chi connectivity index (χ1n) is 7.87. The second kappa shape index (κ2) is 7.78. The average Bonchev–Trinajstić information content (AvgIpc) is 2.65. The summed E-state index contributed by atoms with van der Waals surface area (Å²) in [4.78, 5) is 7.27. The van der Waals surface area contributed by atoms with Crippen LogP contribution in [0.2, 0.25) is 0 Å². The minimum absolute atomic E-state index is 0.800. The highest BCUT2D eigenvalue weighted by molar-refractivity contribution is 5.82. The fourth-order valence-electron chi connectivity index (χ4n) is 3.02. The van der Waals surface area contributed by atoms with Crippen molar-refractivity contribution in [2.75, 3.05) is 26.2 Å². The van der Waals surface area contributed by atoms with Gasteiger partial charge in [0.2, 0.25) is 0 Å². The van der Waals surface area contributed by atoms with Gasteiger partial charge < -0.3 is 10.2 Å². The van der Waals surface area contributed by atoms with Crippen molar-refractivity contribution in [2.24, 2.45) is 4.99 Å². The molecule has 18 heavy (non-hydrogen) atoms. The van der Waals surface area contributed by atoms with E-state index in [-0.39, 0.29) is 0 Å². The Morgan fingerprint density at radius 1 is 1.22 bits per heavy atom. The molecule has 3 nitrogen and oxygen atoms in total. The van der Waals surface area contributed by atoms with Crippen LogP contribution in [0.5, 0.6) is 0 Å². The highest BCUT2D eigenvalue weighted by Crippen LogP contribution is 2.16. The molecule has 104 valence electrons. The molecule has 2 aliphatic rings. The lowest BCUT2D eigenvalue weighted by molar-refractivity contribution is 0.159. The van der Waals surface area contributed by atoms with E-state index in [1.807, 2.05) is 0 Å². The lowest BCUT2D eigenvalue weighted by Crippen LogP contribution is -2.39. The molecule has 1 fully saturated rings. The van der Waals surface area contributed by atoms with Crippen LogP contribution in [0.15, 0.2) is 4.99 Å². The SMILES string of the molecule is CC1CCCCN1CCCNC1=NCCCCC1. The van der Waals surface area contributed by atoms with Gasteiger partial charge in [-0.05, 0) is 45.6 Å². The van der Waals surface area contributed by atoms with Crippen LogP contribution in [0.4, 0.5) is 0 Å². The molecule has 3 heteroatoms. The zero-order valence-electron chi connectivity index (χ0n) is 12.0. The van der Waals surface area contributed by atoms with E-state index < -0.39 is 0 Å². The van der Waals surface area contributed by atoms with Gasteiger partial charge in [-0.1, -0.05) is 12.8 Å². The maximum atomic E-state index is 4.61. The number of hydrogen-bond donors (Lipinski definition) is 1. The Labute approximate surface area is 112 Å². The molecule has 0 aromatic heterocycles. The molecule has 1 saturated heterocycles. The molecule has 2 heterocycles. The highest BCUT2D eigenvalue weighted by Gasteiger charge is 2.17. The van der Waals surface area contributed by atoms with Crippen molar-refractivity contribution >= 4 is 5.84 Å². The van der Waals surface area contributed by atoms with Gasteiger partial charge in [-0.3, -0.25) is 4.99 Å². The summed E-state index contributed by atoms with van der Waals surface area (Å²) in [7, 11) is 0. The van der Waals surface area contributed by atoms with E-state index in [1.54, 1.807) is 0 Å². The number of nitrogens with one attached hydrogen (secondary N) is 1. The van der Waals surface area contributed by atoms with E-state index in [9.17, 15) is 0 Å². The van der Waals surface area contributed by atoms with E-state index in [4.69, 9.17) is 0 Å². The van der Waals surface area contributed by atoms with Crippen LogP contribution in [0, 0.1) is 0 Å². The molecule has 1 atom stereocenters. The van der Waals surface area contributed by atoms with Crippen LogP contribution in [0.25, 0.3) is 0 Å². The zero-order valence-corrected chi connectivity index (χ0v) is 12.0.